The summed E-state index contributed by atoms with van der Waals surface area (Å²) in [5.41, 5.74) is 0.771. The van der Waals surface area contributed by atoms with E-state index in [1.807, 2.05) is 0 Å². The minimum absolute atomic E-state index is 0.296. The van der Waals surface area contributed by atoms with Crippen LogP contribution in [0.3, 0.4) is 0 Å². The Hall–Kier alpha value is -0.650. The summed E-state index contributed by atoms with van der Waals surface area (Å²) < 4.78 is 19.1. The van der Waals surface area contributed by atoms with Gasteiger partial charge < -0.3 is 15.2 Å². The van der Waals surface area contributed by atoms with Crippen molar-refractivity contribution < 1.29 is 14.2 Å². The van der Waals surface area contributed by atoms with Gasteiger partial charge in [-0.1, -0.05) is 12.8 Å². The van der Waals surface area contributed by atoms with Crippen LogP contribution in [0, 0.1) is 5.82 Å². The van der Waals surface area contributed by atoms with Crippen molar-refractivity contribution in [1.82, 2.24) is 0 Å². The number of aliphatic hydroxyl groups is 1. The number of hydrogen-bond acceptors (Lipinski definition) is 3. The van der Waals surface area contributed by atoms with Gasteiger partial charge in [0, 0.05) is 12.2 Å². The zero-order valence-electron chi connectivity index (χ0n) is 10.7. The van der Waals surface area contributed by atoms with Gasteiger partial charge in [0.25, 0.3) is 0 Å². The normalized spacial score (nSPS) is 17.6. The zero-order valence-corrected chi connectivity index (χ0v) is 12.3. The number of benzene rings is 1. The lowest BCUT2D eigenvalue weighted by molar-refractivity contribution is -0.00117. The topological polar surface area (TPSA) is 41.5 Å². The second kappa shape index (κ2) is 7.22. The Morgan fingerprint density at radius 1 is 1.42 bits per heavy atom. The van der Waals surface area contributed by atoms with Crippen LogP contribution in [-0.2, 0) is 4.74 Å². The standard InChI is InChI=1S/C14H19BrFNO2/c15-13-7-10(5-6-14(13)16)17-8-11(18)9-19-12-3-1-2-4-12/h5-7,11-12,17-18H,1-4,8-9H2. The average molecular weight is 332 g/mol. The lowest BCUT2D eigenvalue weighted by atomic mass is 10.3. The number of ether oxygens (including phenoxy) is 1. The molecule has 2 rings (SSSR count). The number of nitrogens with one attached hydrogen (secondary N) is 1. The van der Waals surface area contributed by atoms with Crippen LogP contribution in [-0.4, -0.2) is 30.5 Å². The largest absolute Gasteiger partial charge is 0.389 e. The Morgan fingerprint density at radius 3 is 2.84 bits per heavy atom. The summed E-state index contributed by atoms with van der Waals surface area (Å²) in [6, 6.07) is 4.68. The van der Waals surface area contributed by atoms with Crippen molar-refractivity contribution in [3.8, 4) is 0 Å². The molecule has 2 N–H and O–H groups in total. The van der Waals surface area contributed by atoms with Crippen LogP contribution in [0.15, 0.2) is 22.7 Å². The lowest BCUT2D eigenvalue weighted by Gasteiger charge is -2.16. The second-order valence-electron chi connectivity index (χ2n) is 4.90. The predicted octanol–water partition coefficient (Wildman–Crippen LogP) is 3.32. The molecule has 3 nitrogen and oxygen atoms in total. The number of aliphatic hydroxyl groups excluding tert-OH is 1. The summed E-state index contributed by atoms with van der Waals surface area (Å²) in [5.74, 6) is -0.296. The first-order valence-corrected chi connectivity index (χ1v) is 7.43. The molecule has 1 aromatic rings. The van der Waals surface area contributed by atoms with Gasteiger partial charge >= 0.3 is 0 Å². The first-order chi connectivity index (χ1) is 9.15. The summed E-state index contributed by atoms with van der Waals surface area (Å²) in [4.78, 5) is 0. The van der Waals surface area contributed by atoms with Gasteiger partial charge in [0.1, 0.15) is 5.82 Å². The molecule has 0 heterocycles. The Morgan fingerprint density at radius 2 is 2.16 bits per heavy atom. The summed E-state index contributed by atoms with van der Waals surface area (Å²) in [7, 11) is 0. The minimum Gasteiger partial charge on any atom is -0.389 e. The third-order valence-corrected chi connectivity index (χ3v) is 3.90. The molecule has 0 saturated heterocycles. The third kappa shape index (κ3) is 4.75. The van der Waals surface area contributed by atoms with Gasteiger partial charge in [-0.25, -0.2) is 4.39 Å². The van der Waals surface area contributed by atoms with Crippen LogP contribution in [0.1, 0.15) is 25.7 Å². The number of anilines is 1. The second-order valence-corrected chi connectivity index (χ2v) is 5.76. The van der Waals surface area contributed by atoms with Crippen molar-refractivity contribution in [1.29, 1.82) is 0 Å². The summed E-state index contributed by atoms with van der Waals surface area (Å²) >= 11 is 3.13. The van der Waals surface area contributed by atoms with Crippen molar-refractivity contribution >= 4 is 21.6 Å². The van der Waals surface area contributed by atoms with E-state index in [1.165, 1.54) is 18.9 Å². The van der Waals surface area contributed by atoms with Crippen molar-refractivity contribution in [2.45, 2.75) is 37.9 Å². The van der Waals surface area contributed by atoms with Crippen LogP contribution < -0.4 is 5.32 Å². The van der Waals surface area contributed by atoms with E-state index in [0.29, 0.717) is 23.7 Å². The molecule has 106 valence electrons. The summed E-state index contributed by atoms with van der Waals surface area (Å²) in [5, 5.41) is 12.9. The number of hydrogen-bond donors (Lipinski definition) is 2. The van der Waals surface area contributed by atoms with E-state index in [0.717, 1.165) is 18.5 Å². The molecule has 1 unspecified atom stereocenters. The number of rotatable bonds is 6. The summed E-state index contributed by atoms with van der Waals surface area (Å²) in [6.45, 7) is 0.741. The van der Waals surface area contributed by atoms with Gasteiger partial charge in [-0.2, -0.15) is 0 Å². The molecule has 0 bridgehead atoms. The Labute approximate surface area is 121 Å². The maximum absolute atomic E-state index is 13.0. The van der Waals surface area contributed by atoms with E-state index in [-0.39, 0.29) is 5.82 Å². The monoisotopic (exact) mass is 331 g/mol. The SMILES string of the molecule is OC(CNc1ccc(F)c(Br)c1)COC1CCCC1. The van der Waals surface area contributed by atoms with E-state index in [2.05, 4.69) is 21.2 Å². The quantitative estimate of drug-likeness (QED) is 0.840. The molecule has 1 aromatic carbocycles. The van der Waals surface area contributed by atoms with E-state index >= 15 is 0 Å². The molecular formula is C14H19BrFNO2. The first kappa shape index (κ1) is 14.8. The van der Waals surface area contributed by atoms with E-state index in [9.17, 15) is 9.50 Å². The zero-order chi connectivity index (χ0) is 13.7. The van der Waals surface area contributed by atoms with Crippen LogP contribution in [0.5, 0.6) is 0 Å². The third-order valence-electron chi connectivity index (χ3n) is 3.29. The van der Waals surface area contributed by atoms with E-state index in [1.54, 1.807) is 12.1 Å². The highest BCUT2D eigenvalue weighted by Gasteiger charge is 2.16. The molecule has 1 atom stereocenters. The molecule has 5 heteroatoms. The fraction of sp³-hybridized carbons (Fsp3) is 0.571. The average Bonchev–Trinajstić information content (AvgIpc) is 2.91. The minimum atomic E-state index is -0.551. The molecule has 1 saturated carbocycles. The van der Waals surface area contributed by atoms with Crippen molar-refractivity contribution in [2.24, 2.45) is 0 Å². The van der Waals surface area contributed by atoms with Crippen molar-refractivity contribution in [2.75, 3.05) is 18.5 Å². The highest BCUT2D eigenvalue weighted by molar-refractivity contribution is 9.10. The predicted molar refractivity (Wildman–Crippen MR) is 76.8 cm³/mol. The van der Waals surface area contributed by atoms with Gasteiger partial charge in [-0.3, -0.25) is 0 Å². The van der Waals surface area contributed by atoms with Crippen LogP contribution in [0.2, 0.25) is 0 Å². The Bertz CT molecular complexity index is 410. The molecule has 1 fully saturated rings. The molecule has 0 radical (unpaired) electrons. The molecule has 0 spiro atoms. The summed E-state index contributed by atoms with van der Waals surface area (Å²) in [6.07, 6.45) is 4.42. The molecule has 0 amide bonds. The molecule has 0 aromatic heterocycles. The highest BCUT2D eigenvalue weighted by Crippen LogP contribution is 2.21. The molecule has 1 aliphatic carbocycles. The number of halogens is 2. The van der Waals surface area contributed by atoms with Gasteiger partial charge in [0.15, 0.2) is 0 Å². The fourth-order valence-corrected chi connectivity index (χ4v) is 2.58. The van der Waals surface area contributed by atoms with Crippen molar-refractivity contribution in [3.05, 3.63) is 28.5 Å². The first-order valence-electron chi connectivity index (χ1n) is 6.64. The maximum Gasteiger partial charge on any atom is 0.137 e. The van der Waals surface area contributed by atoms with Gasteiger partial charge in [-0.15, -0.1) is 0 Å². The highest BCUT2D eigenvalue weighted by atomic mass is 79.9. The van der Waals surface area contributed by atoms with Crippen molar-refractivity contribution in [3.63, 3.8) is 0 Å². The van der Waals surface area contributed by atoms with Gasteiger partial charge in [0.2, 0.25) is 0 Å². The lowest BCUT2D eigenvalue weighted by Crippen LogP contribution is -2.27. The molecular weight excluding hydrogens is 313 g/mol. The molecule has 1 aliphatic rings. The van der Waals surface area contributed by atoms with Crippen LogP contribution >= 0.6 is 15.9 Å². The maximum atomic E-state index is 13.0. The van der Waals surface area contributed by atoms with Gasteiger partial charge in [-0.05, 0) is 47.0 Å². The van der Waals surface area contributed by atoms with Crippen LogP contribution in [0.25, 0.3) is 0 Å². The smallest absolute Gasteiger partial charge is 0.137 e. The van der Waals surface area contributed by atoms with Gasteiger partial charge in [0.05, 0.1) is 23.3 Å². The molecule has 0 aliphatic heterocycles. The fourth-order valence-electron chi connectivity index (χ4n) is 2.20. The molecule has 19 heavy (non-hydrogen) atoms. The van der Waals surface area contributed by atoms with E-state index < -0.39 is 6.10 Å². The van der Waals surface area contributed by atoms with Crippen LogP contribution in [0.4, 0.5) is 10.1 Å². The Kier molecular flexibility index (Phi) is 5.60. The Balaban J connectivity index is 1.70. The van der Waals surface area contributed by atoms with E-state index in [4.69, 9.17) is 4.74 Å².